The van der Waals surface area contributed by atoms with Crippen molar-refractivity contribution >= 4 is 37.3 Å². The molecule has 0 saturated heterocycles. The monoisotopic (exact) mass is 403 g/mol. The number of hydrogen-bond acceptors (Lipinski definition) is 4. The topological polar surface area (TPSA) is 66.4 Å². The van der Waals surface area contributed by atoms with E-state index in [-0.39, 0.29) is 12.5 Å². The fourth-order valence-electron chi connectivity index (χ4n) is 2.24. The normalized spacial score (nSPS) is 13.2. The molecule has 0 aliphatic heterocycles. The van der Waals surface area contributed by atoms with Crippen molar-refractivity contribution in [2.45, 2.75) is 23.0 Å². The summed E-state index contributed by atoms with van der Waals surface area (Å²) in [7, 11) is -3.46. The van der Waals surface area contributed by atoms with Gasteiger partial charge in [0.15, 0.2) is 0 Å². The summed E-state index contributed by atoms with van der Waals surface area (Å²) in [6, 6.07) is 13.2. The molecule has 7 heteroatoms. The lowest BCUT2D eigenvalue weighted by atomic mass is 9.93. The number of halogens is 1. The number of benzene rings is 1. The Morgan fingerprint density at radius 3 is 2.45 bits per heavy atom. The molecule has 0 amide bonds. The average Bonchev–Trinajstić information content (AvgIpc) is 2.95. The molecule has 4 nitrogen and oxygen atoms in total. The Morgan fingerprint density at radius 1 is 1.14 bits per heavy atom. The minimum Gasteiger partial charge on any atom is -0.396 e. The number of aliphatic hydroxyl groups excluding tert-OH is 1. The molecule has 2 N–H and O–H groups in total. The summed E-state index contributed by atoms with van der Waals surface area (Å²) in [5, 5.41) is 9.20. The lowest BCUT2D eigenvalue weighted by Gasteiger charge is -2.16. The van der Waals surface area contributed by atoms with Gasteiger partial charge in [0.05, 0.1) is 3.79 Å². The quantitative estimate of drug-likeness (QED) is 0.709. The number of aliphatic hydroxyl groups is 1. The van der Waals surface area contributed by atoms with Gasteiger partial charge in [-0.3, -0.25) is 0 Å². The molecule has 120 valence electrons. The third-order valence-electron chi connectivity index (χ3n) is 3.35. The zero-order valence-corrected chi connectivity index (χ0v) is 15.1. The van der Waals surface area contributed by atoms with Crippen LogP contribution in [0.2, 0.25) is 0 Å². The lowest BCUT2D eigenvalue weighted by molar-refractivity contribution is 0.273. The lowest BCUT2D eigenvalue weighted by Crippen LogP contribution is -2.25. The first-order valence-electron chi connectivity index (χ1n) is 6.94. The second-order valence-corrected chi connectivity index (χ2v) is 9.32. The highest BCUT2D eigenvalue weighted by Gasteiger charge is 2.17. The standard InChI is InChI=1S/C15H18BrNO3S2/c16-14-6-7-15(21-14)22(19,20)17-10-8-13(9-11-18)12-4-2-1-3-5-12/h1-7,13,17-18H,8-11H2/t13-/m1/s1. The Bertz CT molecular complexity index is 686. The molecule has 0 aliphatic rings. The van der Waals surface area contributed by atoms with E-state index >= 15 is 0 Å². The summed E-state index contributed by atoms with van der Waals surface area (Å²) in [6.07, 6.45) is 1.27. The van der Waals surface area contributed by atoms with Gasteiger partial charge in [0, 0.05) is 13.2 Å². The van der Waals surface area contributed by atoms with Crippen molar-refractivity contribution in [1.82, 2.24) is 4.72 Å². The van der Waals surface area contributed by atoms with E-state index in [2.05, 4.69) is 20.7 Å². The van der Waals surface area contributed by atoms with Crippen molar-refractivity contribution < 1.29 is 13.5 Å². The molecule has 0 unspecified atom stereocenters. The molecule has 0 fully saturated rings. The van der Waals surface area contributed by atoms with Gasteiger partial charge in [-0.15, -0.1) is 11.3 Å². The predicted octanol–water partition coefficient (Wildman–Crippen LogP) is 3.35. The van der Waals surface area contributed by atoms with Gasteiger partial charge in [-0.05, 0) is 52.4 Å². The van der Waals surface area contributed by atoms with Crippen LogP contribution in [0.5, 0.6) is 0 Å². The molecular weight excluding hydrogens is 386 g/mol. The Kier molecular flexibility index (Phi) is 6.58. The van der Waals surface area contributed by atoms with Crippen LogP contribution >= 0.6 is 27.3 Å². The van der Waals surface area contributed by atoms with Gasteiger partial charge in [0.1, 0.15) is 4.21 Å². The third-order valence-corrected chi connectivity index (χ3v) is 6.92. The number of hydrogen-bond donors (Lipinski definition) is 2. The summed E-state index contributed by atoms with van der Waals surface area (Å²) >= 11 is 4.45. The van der Waals surface area contributed by atoms with Crippen LogP contribution in [0.3, 0.4) is 0 Å². The van der Waals surface area contributed by atoms with Crippen LogP contribution in [-0.2, 0) is 10.0 Å². The van der Waals surface area contributed by atoms with E-state index in [1.54, 1.807) is 12.1 Å². The van der Waals surface area contributed by atoms with Gasteiger partial charge in [0.2, 0.25) is 10.0 Å². The predicted molar refractivity (Wildman–Crippen MR) is 92.7 cm³/mol. The van der Waals surface area contributed by atoms with Crippen LogP contribution in [0.1, 0.15) is 24.3 Å². The van der Waals surface area contributed by atoms with Crippen molar-refractivity contribution in [3.8, 4) is 0 Å². The molecule has 22 heavy (non-hydrogen) atoms. The molecule has 1 aromatic carbocycles. The van der Waals surface area contributed by atoms with E-state index in [0.717, 1.165) is 9.35 Å². The molecule has 0 saturated carbocycles. The largest absolute Gasteiger partial charge is 0.396 e. The summed E-state index contributed by atoms with van der Waals surface area (Å²) in [5.41, 5.74) is 1.12. The van der Waals surface area contributed by atoms with Gasteiger partial charge in [0.25, 0.3) is 0 Å². The highest BCUT2D eigenvalue weighted by molar-refractivity contribution is 9.11. The molecule has 0 bridgehead atoms. The molecular formula is C15H18BrNO3S2. The number of sulfonamides is 1. The minimum absolute atomic E-state index is 0.0875. The average molecular weight is 404 g/mol. The number of nitrogens with one attached hydrogen (secondary N) is 1. The first kappa shape index (κ1) is 17.6. The maximum absolute atomic E-state index is 12.2. The zero-order chi connectivity index (χ0) is 16.0. The van der Waals surface area contributed by atoms with E-state index in [9.17, 15) is 13.5 Å². The van der Waals surface area contributed by atoms with Crippen LogP contribution in [0.25, 0.3) is 0 Å². The van der Waals surface area contributed by atoms with E-state index in [4.69, 9.17) is 0 Å². The Morgan fingerprint density at radius 2 is 1.86 bits per heavy atom. The van der Waals surface area contributed by atoms with Crippen molar-refractivity contribution in [3.63, 3.8) is 0 Å². The van der Waals surface area contributed by atoms with Crippen molar-refractivity contribution in [2.75, 3.05) is 13.2 Å². The van der Waals surface area contributed by atoms with Gasteiger partial charge < -0.3 is 5.11 Å². The highest BCUT2D eigenvalue weighted by atomic mass is 79.9. The maximum atomic E-state index is 12.2. The summed E-state index contributed by atoms with van der Waals surface area (Å²) < 4.78 is 28.0. The molecule has 1 heterocycles. The van der Waals surface area contributed by atoms with Gasteiger partial charge in [-0.25, -0.2) is 13.1 Å². The van der Waals surface area contributed by atoms with Crippen LogP contribution in [0, 0.1) is 0 Å². The van der Waals surface area contributed by atoms with Crippen molar-refractivity contribution in [3.05, 3.63) is 51.8 Å². The molecule has 0 aliphatic carbocycles. The second kappa shape index (κ2) is 8.21. The van der Waals surface area contributed by atoms with Crippen LogP contribution in [0.15, 0.2) is 50.5 Å². The van der Waals surface area contributed by atoms with Crippen molar-refractivity contribution in [1.29, 1.82) is 0 Å². The Labute approximate surface area is 143 Å². The zero-order valence-electron chi connectivity index (χ0n) is 11.9. The second-order valence-electron chi connectivity index (χ2n) is 4.86. The minimum atomic E-state index is -3.46. The Hall–Kier alpha value is -0.730. The van der Waals surface area contributed by atoms with E-state index < -0.39 is 10.0 Å². The molecule has 0 spiro atoms. The van der Waals surface area contributed by atoms with E-state index in [0.29, 0.717) is 23.6 Å². The smallest absolute Gasteiger partial charge is 0.250 e. The molecule has 1 aromatic heterocycles. The molecule has 0 radical (unpaired) electrons. The van der Waals surface area contributed by atoms with Gasteiger partial charge >= 0.3 is 0 Å². The fraction of sp³-hybridized carbons (Fsp3) is 0.333. The molecule has 2 aromatic rings. The van der Waals surface area contributed by atoms with Crippen molar-refractivity contribution in [2.24, 2.45) is 0 Å². The van der Waals surface area contributed by atoms with Gasteiger partial charge in [-0.2, -0.15) is 0 Å². The maximum Gasteiger partial charge on any atom is 0.250 e. The number of rotatable bonds is 8. The SMILES string of the molecule is O=S(=O)(NCC[C@H](CCO)c1ccccc1)c1ccc(Br)s1. The fourth-order valence-corrected chi connectivity index (χ4v) is 5.34. The van der Waals surface area contributed by atoms with Crippen LogP contribution in [0.4, 0.5) is 0 Å². The molecule has 1 atom stereocenters. The summed E-state index contributed by atoms with van der Waals surface area (Å²) in [4.78, 5) is 0. The third kappa shape index (κ3) is 4.89. The van der Waals surface area contributed by atoms with Crippen LogP contribution < -0.4 is 4.72 Å². The molecule has 2 rings (SSSR count). The van der Waals surface area contributed by atoms with Gasteiger partial charge in [-0.1, -0.05) is 30.3 Å². The first-order chi connectivity index (χ1) is 10.5. The van der Waals surface area contributed by atoms with Crippen LogP contribution in [-0.4, -0.2) is 26.7 Å². The van der Waals surface area contributed by atoms with E-state index in [1.165, 1.54) is 11.3 Å². The number of thiophene rings is 1. The summed E-state index contributed by atoms with van der Waals surface area (Å²) in [5.74, 6) is 0.143. The first-order valence-corrected chi connectivity index (χ1v) is 10.0. The highest BCUT2D eigenvalue weighted by Crippen LogP contribution is 2.26. The van der Waals surface area contributed by atoms with E-state index in [1.807, 2.05) is 30.3 Å². The summed E-state index contributed by atoms with van der Waals surface area (Å²) in [6.45, 7) is 0.432. The Balaban J connectivity index is 1.96.